The number of aryl methyl sites for hydroxylation is 1. The van der Waals surface area contributed by atoms with E-state index in [9.17, 15) is 9.59 Å². The third kappa shape index (κ3) is 5.00. The minimum absolute atomic E-state index is 0.116. The fraction of sp³-hybridized carbons (Fsp3) is 0.0500. The monoisotopic (exact) mass is 414 g/mol. The predicted octanol–water partition coefficient (Wildman–Crippen LogP) is 4.39. The maximum Gasteiger partial charge on any atom is 0.261 e. The lowest BCUT2D eigenvalue weighted by Gasteiger charge is -2.11. The first-order valence-corrected chi connectivity index (χ1v) is 9.01. The van der Waals surface area contributed by atoms with Crippen LogP contribution in [0, 0.1) is 0 Å². The van der Waals surface area contributed by atoms with Gasteiger partial charge in [0.15, 0.2) is 0 Å². The van der Waals surface area contributed by atoms with Crippen molar-refractivity contribution >= 4 is 52.5 Å². The van der Waals surface area contributed by atoms with Crippen LogP contribution in [0.1, 0.15) is 5.82 Å². The first-order chi connectivity index (χ1) is 13.4. The summed E-state index contributed by atoms with van der Waals surface area (Å²) in [6.07, 6.45) is 4.71. The van der Waals surface area contributed by atoms with Crippen molar-refractivity contribution in [2.45, 2.75) is 0 Å². The Kier molecular flexibility index (Phi) is 6.13. The molecule has 0 aliphatic rings. The Morgan fingerprint density at radius 2 is 1.50 bits per heavy atom. The van der Waals surface area contributed by atoms with Crippen molar-refractivity contribution < 1.29 is 9.59 Å². The fourth-order valence-corrected chi connectivity index (χ4v) is 2.79. The molecule has 0 aliphatic carbocycles. The highest BCUT2D eigenvalue weighted by molar-refractivity contribution is 6.32. The number of nitrogens with zero attached hydrogens (tertiary/aromatic N) is 2. The predicted molar refractivity (Wildman–Crippen MR) is 111 cm³/mol. The van der Waals surface area contributed by atoms with E-state index in [1.54, 1.807) is 72.5 Å². The molecular formula is C20H16Cl2N4O2. The number of anilines is 2. The summed E-state index contributed by atoms with van der Waals surface area (Å²) in [6, 6.07) is 13.3. The molecule has 142 valence electrons. The van der Waals surface area contributed by atoms with Crippen LogP contribution in [0.2, 0.25) is 10.0 Å². The summed E-state index contributed by atoms with van der Waals surface area (Å²) < 4.78 is 1.69. The molecule has 2 aromatic carbocycles. The van der Waals surface area contributed by atoms with Crippen molar-refractivity contribution in [2.24, 2.45) is 7.05 Å². The highest BCUT2D eigenvalue weighted by Crippen LogP contribution is 2.19. The Bertz CT molecular complexity index is 998. The van der Waals surface area contributed by atoms with Crippen LogP contribution in [0.15, 0.2) is 66.5 Å². The van der Waals surface area contributed by atoms with E-state index in [0.717, 1.165) is 0 Å². The molecule has 2 N–H and O–H groups in total. The normalized spacial score (nSPS) is 10.2. The van der Waals surface area contributed by atoms with Gasteiger partial charge in [-0.2, -0.15) is 0 Å². The van der Waals surface area contributed by atoms with Gasteiger partial charge in [-0.3, -0.25) is 9.59 Å². The van der Waals surface area contributed by atoms with E-state index in [-0.39, 0.29) is 5.57 Å². The molecule has 0 fully saturated rings. The Hall–Kier alpha value is -3.09. The number of benzene rings is 2. The Morgan fingerprint density at radius 1 is 0.964 bits per heavy atom. The number of imidazole rings is 1. The first kappa shape index (κ1) is 19.7. The summed E-state index contributed by atoms with van der Waals surface area (Å²) in [7, 11) is 1.76. The summed E-state index contributed by atoms with van der Waals surface area (Å²) in [5.74, 6) is -0.730. The van der Waals surface area contributed by atoms with Crippen molar-refractivity contribution in [3.05, 3.63) is 82.4 Å². The highest BCUT2D eigenvalue weighted by atomic mass is 35.5. The first-order valence-electron chi connectivity index (χ1n) is 8.25. The van der Waals surface area contributed by atoms with E-state index in [1.807, 2.05) is 0 Å². The van der Waals surface area contributed by atoms with Gasteiger partial charge in [0.2, 0.25) is 0 Å². The molecule has 0 saturated heterocycles. The summed E-state index contributed by atoms with van der Waals surface area (Å²) in [5.41, 5.74) is 0.826. The van der Waals surface area contributed by atoms with Gasteiger partial charge in [-0.15, -0.1) is 0 Å². The molecule has 28 heavy (non-hydrogen) atoms. The number of carbonyl (C=O) groups is 2. The van der Waals surface area contributed by atoms with Crippen LogP contribution < -0.4 is 10.6 Å². The van der Waals surface area contributed by atoms with Crippen molar-refractivity contribution in [3.8, 4) is 0 Å². The summed E-state index contributed by atoms with van der Waals surface area (Å²) in [4.78, 5) is 29.8. The molecule has 1 heterocycles. The molecular weight excluding hydrogens is 399 g/mol. The van der Waals surface area contributed by atoms with E-state index < -0.39 is 11.8 Å². The summed E-state index contributed by atoms with van der Waals surface area (Å²) >= 11 is 11.9. The van der Waals surface area contributed by atoms with E-state index in [2.05, 4.69) is 15.6 Å². The lowest BCUT2D eigenvalue weighted by molar-refractivity contribution is -0.118. The van der Waals surface area contributed by atoms with E-state index in [1.165, 1.54) is 6.08 Å². The molecule has 0 spiro atoms. The second kappa shape index (κ2) is 8.73. The molecule has 0 saturated carbocycles. The van der Waals surface area contributed by atoms with Crippen LogP contribution >= 0.6 is 23.2 Å². The lowest BCUT2D eigenvalue weighted by atomic mass is 10.2. The summed E-state index contributed by atoms with van der Waals surface area (Å²) in [6.45, 7) is 0. The van der Waals surface area contributed by atoms with Crippen LogP contribution in [-0.2, 0) is 16.6 Å². The quantitative estimate of drug-likeness (QED) is 0.369. The smallest absolute Gasteiger partial charge is 0.261 e. The molecule has 0 bridgehead atoms. The molecule has 1 aromatic heterocycles. The third-order valence-corrected chi connectivity index (χ3v) is 4.26. The van der Waals surface area contributed by atoms with E-state index in [4.69, 9.17) is 23.2 Å². The van der Waals surface area contributed by atoms with E-state index in [0.29, 0.717) is 27.2 Å². The number of amides is 2. The van der Waals surface area contributed by atoms with Gasteiger partial charge in [0.1, 0.15) is 11.4 Å². The Balaban J connectivity index is 1.90. The SMILES string of the molecule is Cn1ccnc1C=C(C(=O)Nc1cccc(Cl)c1)C(=O)Nc1cccc(Cl)c1. The van der Waals surface area contributed by atoms with E-state index >= 15 is 0 Å². The maximum absolute atomic E-state index is 12.8. The number of hydrogen-bond acceptors (Lipinski definition) is 3. The lowest BCUT2D eigenvalue weighted by Crippen LogP contribution is -2.25. The number of hydrogen-bond donors (Lipinski definition) is 2. The molecule has 3 aromatic rings. The van der Waals surface area contributed by atoms with Gasteiger partial charge < -0.3 is 15.2 Å². The van der Waals surface area contributed by atoms with Gasteiger partial charge in [0, 0.05) is 40.9 Å². The second-order valence-electron chi connectivity index (χ2n) is 5.88. The van der Waals surface area contributed by atoms with Crippen LogP contribution in [0.25, 0.3) is 6.08 Å². The third-order valence-electron chi connectivity index (χ3n) is 3.79. The standard InChI is InChI=1S/C20H16Cl2N4O2/c1-26-9-8-23-18(26)12-17(19(27)24-15-6-2-4-13(21)10-15)20(28)25-16-7-3-5-14(22)11-16/h2-12H,1H3,(H,24,27)(H,25,28). The maximum atomic E-state index is 12.8. The second-order valence-corrected chi connectivity index (χ2v) is 6.76. The zero-order valence-electron chi connectivity index (χ0n) is 14.8. The van der Waals surface area contributed by atoms with Crippen LogP contribution in [0.4, 0.5) is 11.4 Å². The van der Waals surface area contributed by atoms with Gasteiger partial charge in [-0.05, 0) is 42.5 Å². The Labute approximate surface area is 171 Å². The minimum Gasteiger partial charge on any atom is -0.335 e. The molecule has 8 heteroatoms. The van der Waals surface area contributed by atoms with Gasteiger partial charge in [-0.25, -0.2) is 4.98 Å². The molecule has 6 nitrogen and oxygen atoms in total. The minimum atomic E-state index is -0.593. The molecule has 2 amide bonds. The van der Waals surface area contributed by atoms with Gasteiger partial charge >= 0.3 is 0 Å². The zero-order valence-corrected chi connectivity index (χ0v) is 16.3. The van der Waals surface area contributed by atoms with Crippen molar-refractivity contribution in [3.63, 3.8) is 0 Å². The van der Waals surface area contributed by atoms with Crippen molar-refractivity contribution in [1.82, 2.24) is 9.55 Å². The van der Waals surface area contributed by atoms with Crippen molar-refractivity contribution in [2.75, 3.05) is 10.6 Å². The average Bonchev–Trinajstić information content (AvgIpc) is 3.04. The molecule has 0 aliphatic heterocycles. The average molecular weight is 415 g/mol. The number of halogens is 2. The number of carbonyl (C=O) groups excluding carboxylic acids is 2. The molecule has 3 rings (SSSR count). The van der Waals surface area contributed by atoms with Crippen molar-refractivity contribution in [1.29, 1.82) is 0 Å². The molecule has 0 atom stereocenters. The van der Waals surface area contributed by atoms with Gasteiger partial charge in [0.05, 0.1) is 0 Å². The fourth-order valence-electron chi connectivity index (χ4n) is 2.41. The topological polar surface area (TPSA) is 76.0 Å². The summed E-state index contributed by atoms with van der Waals surface area (Å²) in [5, 5.41) is 6.29. The van der Waals surface area contributed by atoms with Gasteiger partial charge in [-0.1, -0.05) is 35.3 Å². The number of aromatic nitrogens is 2. The van der Waals surface area contributed by atoms with Crippen LogP contribution in [-0.4, -0.2) is 21.4 Å². The Morgan fingerprint density at radius 3 is 1.93 bits per heavy atom. The van der Waals surface area contributed by atoms with Crippen LogP contribution in [0.3, 0.4) is 0 Å². The number of rotatable bonds is 5. The zero-order chi connectivity index (χ0) is 20.1. The highest BCUT2D eigenvalue weighted by Gasteiger charge is 2.20. The molecule has 0 unspecified atom stereocenters. The molecule has 0 radical (unpaired) electrons. The van der Waals surface area contributed by atoms with Gasteiger partial charge in [0.25, 0.3) is 11.8 Å². The number of nitrogens with one attached hydrogen (secondary N) is 2. The largest absolute Gasteiger partial charge is 0.335 e. The van der Waals surface area contributed by atoms with Crippen LogP contribution in [0.5, 0.6) is 0 Å².